The Morgan fingerprint density at radius 2 is 2.05 bits per heavy atom. The van der Waals surface area contributed by atoms with Crippen molar-refractivity contribution in [2.45, 2.75) is 13.5 Å². The molecular formula is C16H22N2OS. The number of aryl methyl sites for hydroxylation is 1. The number of hydrogen-bond donors (Lipinski definition) is 1. The number of benzene rings is 1. The molecule has 1 aromatic carbocycles. The van der Waals surface area contributed by atoms with Crippen molar-refractivity contribution >= 4 is 17.0 Å². The van der Waals surface area contributed by atoms with Gasteiger partial charge in [0.15, 0.2) is 0 Å². The SMILES string of the molecule is Cc1ccc(CNc2cccc(OCCN(C)C)c2)s1. The lowest BCUT2D eigenvalue weighted by Gasteiger charge is -2.12. The van der Waals surface area contributed by atoms with Crippen LogP contribution in [0.3, 0.4) is 0 Å². The highest BCUT2D eigenvalue weighted by atomic mass is 32.1. The topological polar surface area (TPSA) is 24.5 Å². The fourth-order valence-electron chi connectivity index (χ4n) is 1.81. The first-order chi connectivity index (χ1) is 9.63. The number of nitrogens with one attached hydrogen (secondary N) is 1. The molecule has 0 amide bonds. The van der Waals surface area contributed by atoms with Gasteiger partial charge in [-0.25, -0.2) is 0 Å². The lowest BCUT2D eigenvalue weighted by molar-refractivity contribution is 0.261. The van der Waals surface area contributed by atoms with E-state index in [0.29, 0.717) is 6.61 Å². The molecule has 1 N–H and O–H groups in total. The molecule has 0 aliphatic carbocycles. The van der Waals surface area contributed by atoms with Crippen LogP contribution in [0.15, 0.2) is 36.4 Å². The molecule has 0 atom stereocenters. The molecule has 20 heavy (non-hydrogen) atoms. The van der Waals surface area contributed by atoms with E-state index >= 15 is 0 Å². The molecule has 0 aliphatic heterocycles. The molecule has 1 heterocycles. The number of thiophene rings is 1. The van der Waals surface area contributed by atoms with Crippen molar-refractivity contribution < 1.29 is 4.74 Å². The van der Waals surface area contributed by atoms with Crippen molar-refractivity contribution in [2.75, 3.05) is 32.6 Å². The minimum atomic E-state index is 0.709. The number of nitrogens with zero attached hydrogens (tertiary/aromatic N) is 1. The maximum Gasteiger partial charge on any atom is 0.121 e. The minimum Gasteiger partial charge on any atom is -0.492 e. The number of likely N-dealkylation sites (N-methyl/N-ethyl adjacent to an activating group) is 1. The predicted octanol–water partition coefficient (Wildman–Crippen LogP) is 3.61. The van der Waals surface area contributed by atoms with E-state index in [1.54, 1.807) is 0 Å². The molecule has 108 valence electrons. The maximum atomic E-state index is 5.73. The molecule has 0 unspecified atom stereocenters. The summed E-state index contributed by atoms with van der Waals surface area (Å²) in [5.74, 6) is 0.916. The van der Waals surface area contributed by atoms with E-state index in [4.69, 9.17) is 4.74 Å². The Bertz CT molecular complexity index is 537. The molecule has 1 aromatic heterocycles. The molecule has 0 fully saturated rings. The number of ether oxygens (including phenoxy) is 1. The molecule has 0 saturated heterocycles. The van der Waals surface area contributed by atoms with Gasteiger partial charge in [0, 0.05) is 34.6 Å². The van der Waals surface area contributed by atoms with Crippen LogP contribution >= 0.6 is 11.3 Å². The van der Waals surface area contributed by atoms with Crippen molar-refractivity contribution in [3.63, 3.8) is 0 Å². The summed E-state index contributed by atoms with van der Waals surface area (Å²) >= 11 is 1.83. The first-order valence-corrected chi connectivity index (χ1v) is 7.62. The van der Waals surface area contributed by atoms with Gasteiger partial charge in [-0.3, -0.25) is 0 Å². The third-order valence-electron chi connectivity index (χ3n) is 2.90. The second-order valence-corrected chi connectivity index (χ2v) is 6.42. The Kier molecular flexibility index (Phi) is 5.44. The highest BCUT2D eigenvalue weighted by molar-refractivity contribution is 7.11. The number of rotatable bonds is 7. The van der Waals surface area contributed by atoms with Crippen LogP contribution in [0.5, 0.6) is 5.75 Å². The van der Waals surface area contributed by atoms with Gasteiger partial charge in [-0.2, -0.15) is 0 Å². The average molecular weight is 290 g/mol. The molecule has 0 aliphatic rings. The molecule has 0 radical (unpaired) electrons. The Balaban J connectivity index is 1.85. The largest absolute Gasteiger partial charge is 0.492 e. The summed E-state index contributed by atoms with van der Waals surface area (Å²) < 4.78 is 5.73. The predicted molar refractivity (Wildman–Crippen MR) is 86.9 cm³/mol. The number of anilines is 1. The van der Waals surface area contributed by atoms with Gasteiger partial charge in [0.2, 0.25) is 0 Å². The van der Waals surface area contributed by atoms with Crippen molar-refractivity contribution in [1.29, 1.82) is 0 Å². The highest BCUT2D eigenvalue weighted by Gasteiger charge is 2.00. The van der Waals surface area contributed by atoms with E-state index in [0.717, 1.165) is 24.5 Å². The normalized spacial score (nSPS) is 10.8. The monoisotopic (exact) mass is 290 g/mol. The van der Waals surface area contributed by atoms with Crippen molar-refractivity contribution in [3.05, 3.63) is 46.2 Å². The number of hydrogen-bond acceptors (Lipinski definition) is 4. The lowest BCUT2D eigenvalue weighted by atomic mass is 10.3. The Labute approximate surface area is 125 Å². The highest BCUT2D eigenvalue weighted by Crippen LogP contribution is 2.20. The lowest BCUT2D eigenvalue weighted by Crippen LogP contribution is -2.19. The van der Waals surface area contributed by atoms with E-state index < -0.39 is 0 Å². The van der Waals surface area contributed by atoms with Crippen LogP contribution < -0.4 is 10.1 Å². The molecular weight excluding hydrogens is 268 g/mol. The Morgan fingerprint density at radius 1 is 1.20 bits per heavy atom. The Hall–Kier alpha value is -1.52. The van der Waals surface area contributed by atoms with Crippen LogP contribution in [0.4, 0.5) is 5.69 Å². The average Bonchev–Trinajstić information content (AvgIpc) is 2.82. The van der Waals surface area contributed by atoms with Crippen molar-refractivity contribution in [3.8, 4) is 5.75 Å². The molecule has 2 aromatic rings. The third kappa shape index (κ3) is 4.87. The summed E-state index contributed by atoms with van der Waals surface area (Å²) in [7, 11) is 4.09. The van der Waals surface area contributed by atoms with Gasteiger partial charge in [-0.1, -0.05) is 6.07 Å². The van der Waals surface area contributed by atoms with Gasteiger partial charge in [-0.05, 0) is 45.3 Å². The fraction of sp³-hybridized carbons (Fsp3) is 0.375. The zero-order valence-corrected chi connectivity index (χ0v) is 13.2. The van der Waals surface area contributed by atoms with E-state index in [1.165, 1.54) is 9.75 Å². The zero-order valence-electron chi connectivity index (χ0n) is 12.3. The first kappa shape index (κ1) is 14.9. The molecule has 3 nitrogen and oxygen atoms in total. The summed E-state index contributed by atoms with van der Waals surface area (Å²) in [5.41, 5.74) is 1.10. The molecule has 0 spiro atoms. The Morgan fingerprint density at radius 3 is 2.75 bits per heavy atom. The van der Waals surface area contributed by atoms with Crippen LogP contribution in [-0.2, 0) is 6.54 Å². The van der Waals surface area contributed by atoms with Crippen molar-refractivity contribution in [1.82, 2.24) is 4.90 Å². The van der Waals surface area contributed by atoms with Crippen LogP contribution in [-0.4, -0.2) is 32.1 Å². The quantitative estimate of drug-likeness (QED) is 0.843. The summed E-state index contributed by atoms with van der Waals surface area (Å²) in [6.07, 6.45) is 0. The second kappa shape index (κ2) is 7.31. The van der Waals surface area contributed by atoms with Gasteiger partial charge >= 0.3 is 0 Å². The maximum absolute atomic E-state index is 5.73. The van der Waals surface area contributed by atoms with Gasteiger partial charge in [0.05, 0.1) is 0 Å². The fourth-order valence-corrected chi connectivity index (χ4v) is 2.64. The van der Waals surface area contributed by atoms with Gasteiger partial charge in [0.1, 0.15) is 12.4 Å². The standard InChI is InChI=1S/C16H22N2OS/c1-13-7-8-16(20-13)12-17-14-5-4-6-15(11-14)19-10-9-18(2)3/h4-8,11,17H,9-10,12H2,1-3H3. The molecule has 2 rings (SSSR count). The summed E-state index contributed by atoms with van der Waals surface area (Å²) in [5, 5.41) is 3.43. The van der Waals surface area contributed by atoms with E-state index in [1.807, 2.05) is 37.6 Å². The van der Waals surface area contributed by atoms with Crippen molar-refractivity contribution in [2.24, 2.45) is 0 Å². The van der Waals surface area contributed by atoms with E-state index in [2.05, 4.69) is 41.4 Å². The van der Waals surface area contributed by atoms with Crippen LogP contribution in [0.25, 0.3) is 0 Å². The van der Waals surface area contributed by atoms with E-state index in [-0.39, 0.29) is 0 Å². The molecule has 0 saturated carbocycles. The van der Waals surface area contributed by atoms with Crippen LogP contribution in [0.1, 0.15) is 9.75 Å². The van der Waals surface area contributed by atoms with E-state index in [9.17, 15) is 0 Å². The van der Waals surface area contributed by atoms with Crippen LogP contribution in [0.2, 0.25) is 0 Å². The third-order valence-corrected chi connectivity index (χ3v) is 3.90. The summed E-state index contributed by atoms with van der Waals surface area (Å²) in [6, 6.07) is 12.5. The molecule has 0 bridgehead atoms. The molecule has 4 heteroatoms. The first-order valence-electron chi connectivity index (χ1n) is 6.80. The smallest absolute Gasteiger partial charge is 0.121 e. The summed E-state index contributed by atoms with van der Waals surface area (Å²) in [4.78, 5) is 4.81. The van der Waals surface area contributed by atoms with Gasteiger partial charge < -0.3 is 15.0 Å². The van der Waals surface area contributed by atoms with Gasteiger partial charge in [0.25, 0.3) is 0 Å². The minimum absolute atomic E-state index is 0.709. The second-order valence-electron chi connectivity index (χ2n) is 5.05. The summed E-state index contributed by atoms with van der Waals surface area (Å²) in [6.45, 7) is 4.62. The van der Waals surface area contributed by atoms with Gasteiger partial charge in [-0.15, -0.1) is 11.3 Å². The van der Waals surface area contributed by atoms with Crippen LogP contribution in [0, 0.1) is 6.92 Å². The zero-order chi connectivity index (χ0) is 14.4.